The Morgan fingerprint density at radius 1 is 1.14 bits per heavy atom. The molecule has 1 spiro atoms. The van der Waals surface area contributed by atoms with Crippen LogP contribution < -0.4 is 0 Å². The van der Waals surface area contributed by atoms with E-state index in [-0.39, 0.29) is 11.3 Å². The second-order valence-electron chi connectivity index (χ2n) is 9.05. The number of carbonyl (C=O) groups excluding carboxylic acids is 1. The van der Waals surface area contributed by atoms with Crippen molar-refractivity contribution >= 4 is 5.91 Å². The first-order chi connectivity index (χ1) is 13.6. The molecule has 5 rings (SSSR count). The molecule has 0 N–H and O–H groups in total. The topological polar surface area (TPSA) is 36.7 Å². The lowest BCUT2D eigenvalue weighted by atomic mass is 9.68. The van der Waals surface area contributed by atoms with E-state index in [0.717, 1.165) is 69.9 Å². The minimum Gasteiger partial charge on any atom is -0.465 e. The summed E-state index contributed by atoms with van der Waals surface area (Å²) in [5, 5.41) is 0. The van der Waals surface area contributed by atoms with Gasteiger partial charge >= 0.3 is 0 Å². The number of carbonyl (C=O) groups is 1. The van der Waals surface area contributed by atoms with Crippen LogP contribution in [0.5, 0.6) is 0 Å². The van der Waals surface area contributed by atoms with Gasteiger partial charge in [-0.3, -0.25) is 9.69 Å². The Labute approximate surface area is 167 Å². The largest absolute Gasteiger partial charge is 0.465 e. The Hall–Kier alpha value is -2.07. The number of hydrogen-bond acceptors (Lipinski definition) is 3. The van der Waals surface area contributed by atoms with Crippen LogP contribution in [0, 0.1) is 12.8 Å². The second-order valence-corrected chi connectivity index (χ2v) is 9.05. The van der Waals surface area contributed by atoms with Crippen LogP contribution in [0.3, 0.4) is 0 Å². The van der Waals surface area contributed by atoms with E-state index >= 15 is 0 Å². The predicted octanol–water partition coefficient (Wildman–Crippen LogP) is 4.26. The average molecular weight is 379 g/mol. The van der Waals surface area contributed by atoms with Gasteiger partial charge in [0.15, 0.2) is 0 Å². The average Bonchev–Trinajstić information content (AvgIpc) is 3.07. The molecular weight excluding hydrogens is 348 g/mol. The highest BCUT2D eigenvalue weighted by Gasteiger charge is 2.44. The standard InChI is InChI=1S/C24H30N2O2/c1-18-9-10-21(28-18)16-25-13-11-24(12-14-25)17-26(23(27)19-6-4-7-19)15-20-5-2-3-8-22(20)24/h2-3,5,8-10,19H,4,6-7,11-17H2,1H3. The number of amides is 1. The normalized spacial score (nSPS) is 22.1. The van der Waals surface area contributed by atoms with Gasteiger partial charge in [0.25, 0.3) is 0 Å². The first kappa shape index (κ1) is 18.0. The Kier molecular flexibility index (Phi) is 4.54. The number of rotatable bonds is 3. The number of nitrogens with zero attached hydrogens (tertiary/aromatic N) is 2. The fourth-order valence-electron chi connectivity index (χ4n) is 5.31. The SMILES string of the molecule is Cc1ccc(CN2CCC3(CC2)CN(C(=O)C2CCC2)Cc2ccccc23)o1. The summed E-state index contributed by atoms with van der Waals surface area (Å²) >= 11 is 0. The quantitative estimate of drug-likeness (QED) is 0.801. The molecule has 3 aliphatic rings. The third kappa shape index (κ3) is 3.18. The smallest absolute Gasteiger partial charge is 0.226 e. The van der Waals surface area contributed by atoms with E-state index in [2.05, 4.69) is 40.1 Å². The van der Waals surface area contributed by atoms with Crippen LogP contribution in [0.4, 0.5) is 0 Å². The summed E-state index contributed by atoms with van der Waals surface area (Å²) in [7, 11) is 0. The molecule has 4 heteroatoms. The lowest BCUT2D eigenvalue weighted by Gasteiger charge is -2.49. The minimum atomic E-state index is 0.115. The van der Waals surface area contributed by atoms with E-state index in [1.807, 2.05) is 13.0 Å². The lowest BCUT2D eigenvalue weighted by molar-refractivity contribution is -0.140. The number of likely N-dealkylation sites (tertiary alicyclic amines) is 1. The Bertz CT molecular complexity index is 859. The molecule has 1 saturated heterocycles. The lowest BCUT2D eigenvalue weighted by Crippen LogP contribution is -2.54. The highest BCUT2D eigenvalue weighted by molar-refractivity contribution is 5.80. The zero-order valence-corrected chi connectivity index (χ0v) is 16.8. The molecule has 1 amide bonds. The van der Waals surface area contributed by atoms with Crippen molar-refractivity contribution in [2.24, 2.45) is 5.92 Å². The summed E-state index contributed by atoms with van der Waals surface area (Å²) in [5.41, 5.74) is 2.96. The van der Waals surface area contributed by atoms with Crippen molar-refractivity contribution < 1.29 is 9.21 Å². The summed E-state index contributed by atoms with van der Waals surface area (Å²) in [6, 6.07) is 13.0. The maximum absolute atomic E-state index is 13.0. The van der Waals surface area contributed by atoms with E-state index in [1.54, 1.807) is 0 Å². The van der Waals surface area contributed by atoms with E-state index in [9.17, 15) is 4.79 Å². The van der Waals surface area contributed by atoms with Gasteiger partial charge in [-0.25, -0.2) is 0 Å². The summed E-state index contributed by atoms with van der Waals surface area (Å²) in [6.45, 7) is 6.69. The maximum atomic E-state index is 13.0. The molecule has 0 bridgehead atoms. The van der Waals surface area contributed by atoms with Crippen LogP contribution in [-0.2, 0) is 23.3 Å². The number of hydrogen-bond donors (Lipinski definition) is 0. The van der Waals surface area contributed by atoms with Gasteiger partial charge in [0.2, 0.25) is 5.91 Å². The van der Waals surface area contributed by atoms with Crippen molar-refractivity contribution in [3.8, 4) is 0 Å². The van der Waals surface area contributed by atoms with Gasteiger partial charge in [-0.05, 0) is 69.0 Å². The number of piperidine rings is 1. The molecule has 1 saturated carbocycles. The molecular formula is C24H30N2O2. The molecule has 0 unspecified atom stereocenters. The van der Waals surface area contributed by atoms with Gasteiger partial charge < -0.3 is 9.32 Å². The van der Waals surface area contributed by atoms with Crippen molar-refractivity contribution in [2.75, 3.05) is 19.6 Å². The molecule has 2 fully saturated rings. The Morgan fingerprint density at radius 2 is 1.93 bits per heavy atom. The van der Waals surface area contributed by atoms with Crippen molar-refractivity contribution in [3.05, 3.63) is 59.0 Å². The van der Waals surface area contributed by atoms with Gasteiger partial charge in [-0.2, -0.15) is 0 Å². The maximum Gasteiger partial charge on any atom is 0.226 e. The molecule has 28 heavy (non-hydrogen) atoms. The van der Waals surface area contributed by atoms with Gasteiger partial charge in [0.05, 0.1) is 6.54 Å². The molecule has 1 aromatic heterocycles. The highest BCUT2D eigenvalue weighted by atomic mass is 16.3. The molecule has 0 radical (unpaired) electrons. The van der Waals surface area contributed by atoms with Crippen LogP contribution in [0.1, 0.15) is 54.8 Å². The molecule has 2 aromatic rings. The van der Waals surface area contributed by atoms with Crippen LogP contribution in [0.25, 0.3) is 0 Å². The summed E-state index contributed by atoms with van der Waals surface area (Å²) in [4.78, 5) is 17.7. The molecule has 148 valence electrons. The first-order valence-corrected chi connectivity index (χ1v) is 10.8. The summed E-state index contributed by atoms with van der Waals surface area (Å²) in [6.07, 6.45) is 5.60. The number of fused-ring (bicyclic) bond motifs is 2. The predicted molar refractivity (Wildman–Crippen MR) is 109 cm³/mol. The second kappa shape index (κ2) is 7.07. The fourth-order valence-corrected chi connectivity index (χ4v) is 5.31. The summed E-state index contributed by atoms with van der Waals surface area (Å²) < 4.78 is 5.78. The van der Waals surface area contributed by atoms with Crippen LogP contribution >= 0.6 is 0 Å². The molecule has 0 atom stereocenters. The van der Waals surface area contributed by atoms with Gasteiger partial charge in [0, 0.05) is 24.4 Å². The molecule has 1 aromatic carbocycles. The monoisotopic (exact) mass is 378 g/mol. The van der Waals surface area contributed by atoms with Crippen LogP contribution in [0.2, 0.25) is 0 Å². The third-order valence-electron chi connectivity index (χ3n) is 7.20. The zero-order valence-electron chi connectivity index (χ0n) is 16.8. The van der Waals surface area contributed by atoms with Crippen molar-refractivity contribution in [3.63, 3.8) is 0 Å². The van der Waals surface area contributed by atoms with Crippen LogP contribution in [0.15, 0.2) is 40.8 Å². The molecule has 2 aliphatic heterocycles. The zero-order chi connectivity index (χ0) is 19.1. The van der Waals surface area contributed by atoms with Crippen molar-refractivity contribution in [2.45, 2.75) is 57.5 Å². The molecule has 4 nitrogen and oxygen atoms in total. The van der Waals surface area contributed by atoms with E-state index in [4.69, 9.17) is 4.42 Å². The number of furan rings is 1. The van der Waals surface area contributed by atoms with E-state index in [1.165, 1.54) is 17.5 Å². The van der Waals surface area contributed by atoms with Crippen molar-refractivity contribution in [1.29, 1.82) is 0 Å². The van der Waals surface area contributed by atoms with Gasteiger partial charge in [0.1, 0.15) is 11.5 Å². The number of benzene rings is 1. The van der Waals surface area contributed by atoms with Crippen LogP contribution in [-0.4, -0.2) is 35.3 Å². The van der Waals surface area contributed by atoms with E-state index in [0.29, 0.717) is 5.91 Å². The third-order valence-corrected chi connectivity index (χ3v) is 7.20. The summed E-state index contributed by atoms with van der Waals surface area (Å²) in [5.74, 6) is 2.72. The highest BCUT2D eigenvalue weighted by Crippen LogP contribution is 2.43. The van der Waals surface area contributed by atoms with E-state index < -0.39 is 0 Å². The van der Waals surface area contributed by atoms with Crippen molar-refractivity contribution in [1.82, 2.24) is 9.80 Å². The first-order valence-electron chi connectivity index (χ1n) is 10.8. The van der Waals surface area contributed by atoms with Gasteiger partial charge in [-0.15, -0.1) is 0 Å². The Morgan fingerprint density at radius 3 is 2.61 bits per heavy atom. The number of aryl methyl sites for hydroxylation is 1. The van der Waals surface area contributed by atoms with Gasteiger partial charge in [-0.1, -0.05) is 30.7 Å². The molecule has 1 aliphatic carbocycles. The minimum absolute atomic E-state index is 0.115. The molecule has 3 heterocycles. The Balaban J connectivity index is 1.34. The fraction of sp³-hybridized carbons (Fsp3) is 0.542.